The first-order valence-electron chi connectivity index (χ1n) is 7.36. The Morgan fingerprint density at radius 2 is 0.906 bits per heavy atom. The summed E-state index contributed by atoms with van der Waals surface area (Å²) in [4.78, 5) is -2.42. The van der Waals surface area contributed by atoms with Crippen molar-refractivity contribution in [2.24, 2.45) is 0 Å². The summed E-state index contributed by atoms with van der Waals surface area (Å²) in [6, 6.07) is -7.29. The van der Waals surface area contributed by atoms with Crippen LogP contribution >= 0.6 is 0 Å². The monoisotopic (exact) mass is 527 g/mol. The molecular formula is C12H8F19N. The van der Waals surface area contributed by atoms with Crippen molar-refractivity contribution in [3.63, 3.8) is 0 Å². The highest BCUT2D eigenvalue weighted by Gasteiger charge is 2.83. The number of hydrogen-bond acceptors (Lipinski definition) is 1. The summed E-state index contributed by atoms with van der Waals surface area (Å²) >= 11 is 0. The van der Waals surface area contributed by atoms with Gasteiger partial charge in [-0.2, -0.15) is 74.6 Å². The second kappa shape index (κ2) is 8.44. The first-order valence-corrected chi connectivity index (χ1v) is 7.36. The molecule has 194 valence electrons. The van der Waals surface area contributed by atoms with Crippen LogP contribution in [-0.2, 0) is 0 Å². The lowest BCUT2D eigenvalue weighted by Gasteiger charge is -2.41. The van der Waals surface area contributed by atoms with Crippen LogP contribution in [0, 0.1) is 0 Å². The molecule has 0 aromatic carbocycles. The van der Waals surface area contributed by atoms with Gasteiger partial charge in [-0.1, -0.05) is 0 Å². The van der Waals surface area contributed by atoms with Gasteiger partial charge in [-0.3, -0.25) is 0 Å². The van der Waals surface area contributed by atoms with E-state index in [-0.39, 0.29) is 0 Å². The minimum Gasteiger partial charge on any atom is -0.233 e. The van der Waals surface area contributed by atoms with E-state index >= 15 is 0 Å². The molecule has 0 spiro atoms. The van der Waals surface area contributed by atoms with Crippen molar-refractivity contribution in [2.45, 2.75) is 61.1 Å². The predicted octanol–water partition coefficient (Wildman–Crippen LogP) is 6.89. The van der Waals surface area contributed by atoms with Gasteiger partial charge in [0, 0.05) is 13.0 Å². The minimum absolute atomic E-state index is 2.42. The second-order valence-electron chi connectivity index (χ2n) is 6.21. The molecule has 0 aromatic rings. The van der Waals surface area contributed by atoms with Crippen LogP contribution in [0.15, 0.2) is 0 Å². The van der Waals surface area contributed by atoms with Crippen molar-refractivity contribution in [2.75, 3.05) is 13.1 Å². The molecule has 0 aromatic heterocycles. The lowest BCUT2D eigenvalue weighted by molar-refractivity contribution is -0.421. The van der Waals surface area contributed by atoms with Crippen LogP contribution in [0.1, 0.15) is 12.8 Å². The highest BCUT2D eigenvalue weighted by Crippen LogP contribution is 2.54. The van der Waals surface area contributed by atoms with Crippen molar-refractivity contribution in [3.05, 3.63) is 0 Å². The third-order valence-corrected chi connectivity index (χ3v) is 3.52. The molecule has 0 rings (SSSR count). The van der Waals surface area contributed by atoms with Gasteiger partial charge in [-0.25, -0.2) is 13.7 Å². The van der Waals surface area contributed by atoms with E-state index in [1.54, 1.807) is 0 Å². The molecule has 0 radical (unpaired) electrons. The molecule has 20 heteroatoms. The van der Waals surface area contributed by atoms with Gasteiger partial charge in [-0.05, 0) is 0 Å². The molecule has 0 atom stereocenters. The normalized spacial score (nSPS) is 16.1. The van der Waals surface area contributed by atoms with E-state index in [0.717, 1.165) is 0 Å². The molecule has 0 bridgehead atoms. The Labute approximate surface area is 164 Å². The number of nitrogens with zero attached hydrogens (tertiary/aromatic N) is 1. The zero-order valence-corrected chi connectivity index (χ0v) is 14.5. The summed E-state index contributed by atoms with van der Waals surface area (Å²) in [5.41, 5.74) is 0. The number of alkyl halides is 19. The molecule has 0 aliphatic carbocycles. The Kier molecular flexibility index (Phi) is 8.08. The molecule has 0 N–H and O–H groups in total. The standard InChI is InChI=1S/C12H8F19N/c13-5(14,3-7(17,18)19)4-32(2-1-6(15,16)10(24,25)26)12(30,31)9(22,23)8(20,21)11(27,28)29/h1-4H2. The topological polar surface area (TPSA) is 3.24 Å². The second-order valence-corrected chi connectivity index (χ2v) is 6.21. The SMILES string of the molecule is FC(F)(F)CC(F)(F)CN(CCC(F)(F)C(F)(F)F)C(F)(F)C(F)(F)C(F)(F)C(F)(F)F. The van der Waals surface area contributed by atoms with Crippen molar-refractivity contribution in [1.29, 1.82) is 0 Å². The Bertz CT molecular complexity index is 624. The Morgan fingerprint density at radius 1 is 0.500 bits per heavy atom. The van der Waals surface area contributed by atoms with Gasteiger partial charge in [0.25, 0.3) is 5.92 Å². The van der Waals surface area contributed by atoms with E-state index in [1.165, 1.54) is 0 Å². The minimum atomic E-state index is -7.81. The highest BCUT2D eigenvalue weighted by molar-refractivity contribution is 5.01. The van der Waals surface area contributed by atoms with E-state index in [0.29, 0.717) is 0 Å². The largest absolute Gasteiger partial charge is 0.460 e. The van der Waals surface area contributed by atoms with Crippen molar-refractivity contribution < 1.29 is 83.4 Å². The molecule has 0 aliphatic rings. The van der Waals surface area contributed by atoms with Gasteiger partial charge in [0.1, 0.15) is 6.42 Å². The first kappa shape index (κ1) is 30.6. The van der Waals surface area contributed by atoms with Gasteiger partial charge in [0.2, 0.25) is 0 Å². The van der Waals surface area contributed by atoms with Crippen molar-refractivity contribution in [3.8, 4) is 0 Å². The van der Waals surface area contributed by atoms with Crippen LogP contribution < -0.4 is 0 Å². The van der Waals surface area contributed by atoms with Gasteiger partial charge in [0.05, 0.1) is 6.54 Å². The fourth-order valence-corrected chi connectivity index (χ4v) is 1.93. The molecule has 1 nitrogen and oxygen atoms in total. The maximum Gasteiger partial charge on any atom is 0.460 e. The van der Waals surface area contributed by atoms with Crippen LogP contribution in [0.25, 0.3) is 0 Å². The fraction of sp³-hybridized carbons (Fsp3) is 1.00. The Hall–Kier alpha value is -1.37. The first-order chi connectivity index (χ1) is 13.5. The van der Waals surface area contributed by atoms with Gasteiger partial charge in [0.15, 0.2) is 0 Å². The molecule has 32 heavy (non-hydrogen) atoms. The molecule has 0 heterocycles. The van der Waals surface area contributed by atoms with E-state index in [1.807, 2.05) is 0 Å². The Balaban J connectivity index is 6.36. The van der Waals surface area contributed by atoms with Crippen LogP contribution in [0.2, 0.25) is 0 Å². The lowest BCUT2D eigenvalue weighted by Crippen LogP contribution is -2.67. The van der Waals surface area contributed by atoms with Crippen LogP contribution in [-0.4, -0.2) is 66.3 Å². The predicted molar refractivity (Wildman–Crippen MR) is 63.7 cm³/mol. The summed E-state index contributed by atoms with van der Waals surface area (Å²) in [5, 5.41) is 0. The summed E-state index contributed by atoms with van der Waals surface area (Å²) < 4.78 is 241. The number of rotatable bonds is 9. The third-order valence-electron chi connectivity index (χ3n) is 3.52. The van der Waals surface area contributed by atoms with Crippen LogP contribution in [0.5, 0.6) is 0 Å². The van der Waals surface area contributed by atoms with Gasteiger partial charge in [-0.15, -0.1) is 0 Å². The highest BCUT2D eigenvalue weighted by atomic mass is 19.4. The van der Waals surface area contributed by atoms with Crippen LogP contribution in [0.4, 0.5) is 83.4 Å². The number of hydrogen-bond donors (Lipinski definition) is 0. The summed E-state index contributed by atoms with van der Waals surface area (Å²) in [6.45, 7) is -6.65. The molecule has 0 saturated carbocycles. The molecule has 0 fully saturated rings. The Morgan fingerprint density at radius 3 is 1.22 bits per heavy atom. The van der Waals surface area contributed by atoms with Gasteiger partial charge < -0.3 is 0 Å². The third kappa shape index (κ3) is 6.58. The van der Waals surface area contributed by atoms with E-state index in [4.69, 9.17) is 0 Å². The lowest BCUT2D eigenvalue weighted by atomic mass is 10.1. The van der Waals surface area contributed by atoms with Crippen molar-refractivity contribution >= 4 is 0 Å². The fourth-order valence-electron chi connectivity index (χ4n) is 1.93. The van der Waals surface area contributed by atoms with E-state index in [9.17, 15) is 83.4 Å². The van der Waals surface area contributed by atoms with E-state index < -0.39 is 79.1 Å². The molecule has 0 amide bonds. The number of halogens is 19. The average Bonchev–Trinajstić information content (AvgIpc) is 2.46. The maximum absolute atomic E-state index is 13.8. The molecular weight excluding hydrogens is 519 g/mol. The summed E-state index contributed by atoms with van der Waals surface area (Å²) in [5.74, 6) is -27.5. The van der Waals surface area contributed by atoms with Crippen molar-refractivity contribution in [1.82, 2.24) is 4.90 Å². The zero-order chi connectivity index (χ0) is 26.4. The zero-order valence-electron chi connectivity index (χ0n) is 14.5. The average molecular weight is 527 g/mol. The van der Waals surface area contributed by atoms with Gasteiger partial charge >= 0.3 is 42.3 Å². The summed E-state index contributed by atoms with van der Waals surface area (Å²) in [6.07, 6.45) is -26.9. The van der Waals surface area contributed by atoms with E-state index in [2.05, 4.69) is 0 Å². The maximum atomic E-state index is 13.8. The van der Waals surface area contributed by atoms with Crippen LogP contribution in [0.3, 0.4) is 0 Å². The molecule has 0 unspecified atom stereocenters. The quantitative estimate of drug-likeness (QED) is 0.233. The molecule has 0 aliphatic heterocycles. The smallest absolute Gasteiger partial charge is 0.233 e. The molecule has 0 saturated heterocycles. The summed E-state index contributed by atoms with van der Waals surface area (Å²) in [7, 11) is 0.